The van der Waals surface area contributed by atoms with Crippen LogP contribution in [0.1, 0.15) is 29.1 Å². The molecule has 2 N–H and O–H groups in total. The molecule has 0 aliphatic heterocycles. The maximum absolute atomic E-state index is 12.5. The quantitative estimate of drug-likeness (QED) is 0.777. The van der Waals surface area contributed by atoms with Crippen LogP contribution in [0.2, 0.25) is 0 Å². The van der Waals surface area contributed by atoms with E-state index < -0.39 is 0 Å². The lowest BCUT2D eigenvalue weighted by Gasteiger charge is -2.12. The van der Waals surface area contributed by atoms with Gasteiger partial charge in [-0.2, -0.15) is 5.10 Å². The highest BCUT2D eigenvalue weighted by molar-refractivity contribution is 5.99. The van der Waals surface area contributed by atoms with Crippen LogP contribution in [0.5, 0.6) is 0 Å². The summed E-state index contributed by atoms with van der Waals surface area (Å²) in [7, 11) is 1.86. The van der Waals surface area contributed by atoms with Crippen LogP contribution in [0.3, 0.4) is 0 Å². The fraction of sp³-hybridized carbons (Fsp3) is 0.176. The SMILES string of the molecule is CC(NC(=O)c1[nH]ccc1-c1ccccc1)c1ccn(C)n1. The molecule has 0 radical (unpaired) electrons. The van der Waals surface area contributed by atoms with Crippen molar-refractivity contribution in [3.63, 3.8) is 0 Å². The summed E-state index contributed by atoms with van der Waals surface area (Å²) in [5, 5.41) is 7.29. The maximum atomic E-state index is 12.5. The van der Waals surface area contributed by atoms with Gasteiger partial charge in [0.05, 0.1) is 11.7 Å². The van der Waals surface area contributed by atoms with Crippen molar-refractivity contribution in [2.24, 2.45) is 7.05 Å². The van der Waals surface area contributed by atoms with Crippen LogP contribution in [0, 0.1) is 0 Å². The molecule has 2 heterocycles. The summed E-state index contributed by atoms with van der Waals surface area (Å²) in [6.45, 7) is 1.92. The lowest BCUT2D eigenvalue weighted by Crippen LogP contribution is -2.27. The molecule has 3 rings (SSSR count). The highest BCUT2D eigenvalue weighted by Crippen LogP contribution is 2.23. The Hall–Kier alpha value is -2.82. The van der Waals surface area contributed by atoms with Gasteiger partial charge in [0.2, 0.25) is 0 Å². The van der Waals surface area contributed by atoms with Gasteiger partial charge in [-0.1, -0.05) is 30.3 Å². The average molecular weight is 294 g/mol. The molecule has 1 aromatic carbocycles. The second-order valence-electron chi connectivity index (χ2n) is 5.24. The molecule has 0 aliphatic rings. The molecule has 1 amide bonds. The molecule has 112 valence electrons. The van der Waals surface area contributed by atoms with Crippen LogP contribution in [0.4, 0.5) is 0 Å². The van der Waals surface area contributed by atoms with E-state index in [4.69, 9.17) is 0 Å². The fourth-order valence-corrected chi connectivity index (χ4v) is 2.42. The number of H-pyrrole nitrogens is 1. The third-order valence-corrected chi connectivity index (χ3v) is 3.58. The number of benzene rings is 1. The molecule has 0 fully saturated rings. The minimum absolute atomic E-state index is 0.137. The van der Waals surface area contributed by atoms with E-state index in [1.54, 1.807) is 10.9 Å². The van der Waals surface area contributed by atoms with Crippen LogP contribution in [-0.2, 0) is 7.05 Å². The van der Waals surface area contributed by atoms with Gasteiger partial charge in [-0.3, -0.25) is 9.48 Å². The molecule has 0 saturated carbocycles. The Morgan fingerprint density at radius 2 is 2.00 bits per heavy atom. The van der Waals surface area contributed by atoms with Crippen molar-refractivity contribution >= 4 is 5.91 Å². The third-order valence-electron chi connectivity index (χ3n) is 3.58. The van der Waals surface area contributed by atoms with Gasteiger partial charge in [0, 0.05) is 25.0 Å². The number of hydrogen-bond acceptors (Lipinski definition) is 2. The molecule has 5 nitrogen and oxygen atoms in total. The van der Waals surface area contributed by atoms with Crippen LogP contribution in [-0.4, -0.2) is 20.7 Å². The molecule has 3 aromatic rings. The Bertz CT molecular complexity index is 773. The van der Waals surface area contributed by atoms with Gasteiger partial charge in [0.25, 0.3) is 5.91 Å². The molecule has 0 saturated heterocycles. The lowest BCUT2D eigenvalue weighted by atomic mass is 10.1. The van der Waals surface area contributed by atoms with Gasteiger partial charge in [-0.25, -0.2) is 0 Å². The smallest absolute Gasteiger partial charge is 0.268 e. The number of carbonyl (C=O) groups is 1. The topological polar surface area (TPSA) is 62.7 Å². The van der Waals surface area contributed by atoms with Crippen molar-refractivity contribution in [2.45, 2.75) is 13.0 Å². The van der Waals surface area contributed by atoms with Crippen molar-refractivity contribution in [2.75, 3.05) is 0 Å². The first-order chi connectivity index (χ1) is 10.6. The van der Waals surface area contributed by atoms with Crippen molar-refractivity contribution in [1.82, 2.24) is 20.1 Å². The van der Waals surface area contributed by atoms with Gasteiger partial charge < -0.3 is 10.3 Å². The van der Waals surface area contributed by atoms with Crippen LogP contribution < -0.4 is 5.32 Å². The predicted octanol–water partition coefficient (Wildman–Crippen LogP) is 2.91. The van der Waals surface area contributed by atoms with E-state index in [1.165, 1.54) is 0 Å². The third kappa shape index (κ3) is 2.79. The molecule has 0 bridgehead atoms. The van der Waals surface area contributed by atoms with Crippen LogP contribution >= 0.6 is 0 Å². The van der Waals surface area contributed by atoms with Gasteiger partial charge in [-0.15, -0.1) is 0 Å². The zero-order chi connectivity index (χ0) is 15.5. The summed E-state index contributed by atoms with van der Waals surface area (Å²) >= 11 is 0. The van der Waals surface area contributed by atoms with Crippen molar-refractivity contribution in [1.29, 1.82) is 0 Å². The van der Waals surface area contributed by atoms with Gasteiger partial charge in [0.15, 0.2) is 0 Å². The Kier molecular flexibility index (Phi) is 3.78. The molecular weight excluding hydrogens is 276 g/mol. The van der Waals surface area contributed by atoms with Gasteiger partial charge in [-0.05, 0) is 24.6 Å². The lowest BCUT2D eigenvalue weighted by molar-refractivity contribution is 0.0935. The van der Waals surface area contributed by atoms with E-state index in [-0.39, 0.29) is 11.9 Å². The number of aryl methyl sites for hydroxylation is 1. The highest BCUT2D eigenvalue weighted by Gasteiger charge is 2.17. The molecule has 2 aromatic heterocycles. The Balaban J connectivity index is 1.80. The second kappa shape index (κ2) is 5.89. The molecular formula is C17H18N4O. The summed E-state index contributed by atoms with van der Waals surface area (Å²) in [5.74, 6) is -0.137. The number of hydrogen-bond donors (Lipinski definition) is 2. The predicted molar refractivity (Wildman–Crippen MR) is 85.3 cm³/mol. The van der Waals surface area contributed by atoms with Crippen molar-refractivity contribution in [3.05, 3.63) is 66.2 Å². The van der Waals surface area contributed by atoms with E-state index in [1.807, 2.05) is 62.6 Å². The second-order valence-corrected chi connectivity index (χ2v) is 5.24. The molecule has 5 heteroatoms. The summed E-state index contributed by atoms with van der Waals surface area (Å²) in [6.07, 6.45) is 3.64. The molecule has 1 atom stereocenters. The van der Waals surface area contributed by atoms with E-state index in [2.05, 4.69) is 15.4 Å². The highest BCUT2D eigenvalue weighted by atomic mass is 16.1. The average Bonchev–Trinajstić information content (AvgIpc) is 3.16. The Labute approximate surface area is 129 Å². The summed E-state index contributed by atoms with van der Waals surface area (Å²) in [5.41, 5.74) is 3.31. The minimum atomic E-state index is -0.152. The number of amides is 1. The van der Waals surface area contributed by atoms with E-state index in [9.17, 15) is 4.79 Å². The van der Waals surface area contributed by atoms with Gasteiger partial charge in [0.1, 0.15) is 5.69 Å². The number of rotatable bonds is 4. The van der Waals surface area contributed by atoms with Crippen molar-refractivity contribution < 1.29 is 4.79 Å². The first-order valence-corrected chi connectivity index (χ1v) is 7.18. The molecule has 22 heavy (non-hydrogen) atoms. The number of nitrogens with one attached hydrogen (secondary N) is 2. The Morgan fingerprint density at radius 3 is 2.68 bits per heavy atom. The first-order valence-electron chi connectivity index (χ1n) is 7.18. The van der Waals surface area contributed by atoms with Crippen LogP contribution in [0.15, 0.2) is 54.9 Å². The van der Waals surface area contributed by atoms with E-state index in [0.29, 0.717) is 5.69 Å². The normalized spacial score (nSPS) is 12.1. The summed E-state index contributed by atoms with van der Waals surface area (Å²) in [4.78, 5) is 15.5. The Morgan fingerprint density at radius 1 is 1.23 bits per heavy atom. The number of aromatic amines is 1. The zero-order valence-corrected chi connectivity index (χ0v) is 12.6. The van der Waals surface area contributed by atoms with E-state index in [0.717, 1.165) is 16.8 Å². The molecule has 1 unspecified atom stereocenters. The zero-order valence-electron chi connectivity index (χ0n) is 12.6. The molecule has 0 spiro atoms. The minimum Gasteiger partial charge on any atom is -0.357 e. The largest absolute Gasteiger partial charge is 0.357 e. The summed E-state index contributed by atoms with van der Waals surface area (Å²) in [6, 6.07) is 13.5. The van der Waals surface area contributed by atoms with Crippen molar-refractivity contribution in [3.8, 4) is 11.1 Å². The standard InChI is InChI=1S/C17H18N4O/c1-12(15-9-11-21(2)20-15)19-17(22)16-14(8-10-18-16)13-6-4-3-5-7-13/h3-12,18H,1-2H3,(H,19,22). The summed E-state index contributed by atoms with van der Waals surface area (Å²) < 4.78 is 1.72. The fourth-order valence-electron chi connectivity index (χ4n) is 2.42. The maximum Gasteiger partial charge on any atom is 0.268 e. The number of aromatic nitrogens is 3. The monoisotopic (exact) mass is 294 g/mol. The van der Waals surface area contributed by atoms with E-state index >= 15 is 0 Å². The number of nitrogens with zero attached hydrogens (tertiary/aromatic N) is 2. The molecule has 0 aliphatic carbocycles. The number of carbonyl (C=O) groups excluding carboxylic acids is 1. The van der Waals surface area contributed by atoms with Gasteiger partial charge >= 0.3 is 0 Å². The first kappa shape index (κ1) is 14.1. The van der Waals surface area contributed by atoms with Crippen LogP contribution in [0.25, 0.3) is 11.1 Å².